The summed E-state index contributed by atoms with van der Waals surface area (Å²) in [6, 6.07) is 0. The summed E-state index contributed by atoms with van der Waals surface area (Å²) in [4.78, 5) is 0. The summed E-state index contributed by atoms with van der Waals surface area (Å²) >= 11 is 0. The van der Waals surface area contributed by atoms with E-state index in [1.165, 1.54) is 19.3 Å². The van der Waals surface area contributed by atoms with Gasteiger partial charge >= 0.3 is 0 Å². The summed E-state index contributed by atoms with van der Waals surface area (Å²) in [6.45, 7) is 17.5. The van der Waals surface area contributed by atoms with Crippen LogP contribution in [0.1, 0.15) is 74.7 Å². The molecule has 0 atom stereocenters. The Balaban J connectivity index is -0.000000117. The van der Waals surface area contributed by atoms with Gasteiger partial charge in [-0.15, -0.1) is 0 Å². The lowest BCUT2D eigenvalue weighted by Crippen LogP contribution is -1.77. The van der Waals surface area contributed by atoms with Crippen molar-refractivity contribution >= 4 is 0 Å². The SMILES string of the molecule is CC(C)C.CCC(C)C.CCCC. The van der Waals surface area contributed by atoms with Crippen molar-refractivity contribution in [2.45, 2.75) is 74.7 Å². The van der Waals surface area contributed by atoms with E-state index < -0.39 is 0 Å². The maximum absolute atomic E-state index is 2.22. The van der Waals surface area contributed by atoms with Gasteiger partial charge in [0.05, 0.1) is 0 Å². The van der Waals surface area contributed by atoms with Crippen LogP contribution in [0.15, 0.2) is 0 Å². The molecule has 0 bridgehead atoms. The van der Waals surface area contributed by atoms with Gasteiger partial charge in [0.2, 0.25) is 0 Å². The smallest absolute Gasteiger partial charge is 0.0474 e. The minimum Gasteiger partial charge on any atom is -0.0654 e. The lowest BCUT2D eigenvalue weighted by atomic mass is 10.2. The standard InChI is InChI=1S/C5H12.2C4H10/c1-4-5(2)3;1-4(2)3;1-3-4-2/h5H,4H2,1-3H3;4H,1-3H3;3-4H2,1-2H3. The van der Waals surface area contributed by atoms with Crippen LogP contribution >= 0.6 is 0 Å². The molecule has 0 aromatic heterocycles. The average Bonchev–Trinajstić information content (AvgIpc) is 2.04. The summed E-state index contributed by atoms with van der Waals surface area (Å²) in [5.74, 6) is 1.72. The lowest BCUT2D eigenvalue weighted by Gasteiger charge is -1.90. The van der Waals surface area contributed by atoms with Crippen LogP contribution in [0.3, 0.4) is 0 Å². The third-order valence-corrected chi connectivity index (χ3v) is 1.32. The second kappa shape index (κ2) is 17.9. The molecule has 0 rings (SSSR count). The van der Waals surface area contributed by atoms with Crippen LogP contribution in [0.2, 0.25) is 0 Å². The van der Waals surface area contributed by atoms with E-state index in [9.17, 15) is 0 Å². The molecule has 13 heavy (non-hydrogen) atoms. The van der Waals surface area contributed by atoms with Gasteiger partial charge in [0.15, 0.2) is 0 Å². The predicted molar refractivity (Wildman–Crippen MR) is 66.2 cm³/mol. The van der Waals surface area contributed by atoms with Crippen LogP contribution in [-0.2, 0) is 0 Å². The van der Waals surface area contributed by atoms with E-state index in [2.05, 4.69) is 55.4 Å². The van der Waals surface area contributed by atoms with E-state index in [1.54, 1.807) is 0 Å². The lowest BCUT2D eigenvalue weighted by molar-refractivity contribution is 0.626. The van der Waals surface area contributed by atoms with Crippen molar-refractivity contribution in [2.24, 2.45) is 11.8 Å². The monoisotopic (exact) mass is 188 g/mol. The fourth-order valence-electron chi connectivity index (χ4n) is 0. The van der Waals surface area contributed by atoms with Crippen LogP contribution in [0.4, 0.5) is 0 Å². The molecule has 0 heterocycles. The highest BCUT2D eigenvalue weighted by molar-refractivity contribution is 4.32. The molecule has 0 spiro atoms. The van der Waals surface area contributed by atoms with Gasteiger partial charge < -0.3 is 0 Å². The first-order chi connectivity index (χ1) is 5.92. The van der Waals surface area contributed by atoms with E-state index in [1.807, 2.05) is 0 Å². The Morgan fingerprint density at radius 2 is 0.846 bits per heavy atom. The molecule has 0 unspecified atom stereocenters. The Morgan fingerprint density at radius 3 is 0.846 bits per heavy atom. The van der Waals surface area contributed by atoms with E-state index in [4.69, 9.17) is 0 Å². The molecule has 0 nitrogen and oxygen atoms in total. The highest BCUT2D eigenvalue weighted by Gasteiger charge is 1.80. The molecule has 0 aromatic rings. The largest absolute Gasteiger partial charge is 0.0654 e. The topological polar surface area (TPSA) is 0 Å². The zero-order valence-electron chi connectivity index (χ0n) is 11.3. The van der Waals surface area contributed by atoms with E-state index in [0.717, 1.165) is 11.8 Å². The molecule has 0 aliphatic heterocycles. The fourth-order valence-corrected chi connectivity index (χ4v) is 0. The molecule has 0 saturated heterocycles. The Labute approximate surface area is 87.1 Å². The number of rotatable bonds is 2. The molecular weight excluding hydrogens is 156 g/mol. The Kier molecular flexibility index (Phi) is 25.8. The second-order valence-electron chi connectivity index (χ2n) is 4.53. The Bertz CT molecular complexity index is 48.3. The first kappa shape index (κ1) is 18.7. The van der Waals surface area contributed by atoms with Crippen molar-refractivity contribution < 1.29 is 0 Å². The normalized spacial score (nSPS) is 8.77. The van der Waals surface area contributed by atoms with Crippen molar-refractivity contribution in [3.63, 3.8) is 0 Å². The second-order valence-corrected chi connectivity index (χ2v) is 4.53. The van der Waals surface area contributed by atoms with Gasteiger partial charge in [-0.05, 0) is 11.8 Å². The van der Waals surface area contributed by atoms with Gasteiger partial charge in [0, 0.05) is 0 Å². The predicted octanol–water partition coefficient (Wildman–Crippen LogP) is 5.52. The van der Waals surface area contributed by atoms with Crippen molar-refractivity contribution in [3.05, 3.63) is 0 Å². The van der Waals surface area contributed by atoms with Gasteiger partial charge in [-0.25, -0.2) is 0 Å². The summed E-state index contributed by atoms with van der Waals surface area (Å²) in [7, 11) is 0. The molecule has 0 saturated carbocycles. The zero-order chi connectivity index (χ0) is 11.3. The third kappa shape index (κ3) is 133. The maximum Gasteiger partial charge on any atom is -0.0474 e. The summed E-state index contributed by atoms with van der Waals surface area (Å²) in [6.07, 6.45) is 3.94. The van der Waals surface area contributed by atoms with Gasteiger partial charge in [-0.1, -0.05) is 74.7 Å². The zero-order valence-corrected chi connectivity index (χ0v) is 11.3. The minimum atomic E-state index is 0.833. The van der Waals surface area contributed by atoms with Gasteiger partial charge in [0.25, 0.3) is 0 Å². The fraction of sp³-hybridized carbons (Fsp3) is 1.00. The van der Waals surface area contributed by atoms with Crippen LogP contribution in [0.25, 0.3) is 0 Å². The molecule has 0 aliphatic carbocycles. The summed E-state index contributed by atoms with van der Waals surface area (Å²) in [5.41, 5.74) is 0. The maximum atomic E-state index is 2.22. The highest BCUT2D eigenvalue weighted by atomic mass is 13.9. The number of hydrogen-bond donors (Lipinski definition) is 0. The Hall–Kier alpha value is 0. The van der Waals surface area contributed by atoms with Gasteiger partial charge in [-0.3, -0.25) is 0 Å². The van der Waals surface area contributed by atoms with Gasteiger partial charge in [0.1, 0.15) is 0 Å². The van der Waals surface area contributed by atoms with E-state index in [-0.39, 0.29) is 0 Å². The molecule has 0 aliphatic rings. The quantitative estimate of drug-likeness (QED) is 0.535. The van der Waals surface area contributed by atoms with Gasteiger partial charge in [-0.2, -0.15) is 0 Å². The first-order valence-corrected chi connectivity index (χ1v) is 5.92. The van der Waals surface area contributed by atoms with Crippen molar-refractivity contribution in [3.8, 4) is 0 Å². The van der Waals surface area contributed by atoms with Crippen LogP contribution in [0.5, 0.6) is 0 Å². The van der Waals surface area contributed by atoms with Crippen molar-refractivity contribution in [2.75, 3.05) is 0 Å². The van der Waals surface area contributed by atoms with Crippen LogP contribution in [0, 0.1) is 11.8 Å². The van der Waals surface area contributed by atoms with Crippen LogP contribution in [-0.4, -0.2) is 0 Å². The number of hydrogen-bond acceptors (Lipinski definition) is 0. The third-order valence-electron chi connectivity index (χ3n) is 1.32. The summed E-state index contributed by atoms with van der Waals surface area (Å²) in [5, 5.41) is 0. The Morgan fingerprint density at radius 1 is 0.692 bits per heavy atom. The molecule has 0 aromatic carbocycles. The van der Waals surface area contributed by atoms with E-state index in [0.29, 0.717) is 0 Å². The average molecular weight is 188 g/mol. The summed E-state index contributed by atoms with van der Waals surface area (Å²) < 4.78 is 0. The van der Waals surface area contributed by atoms with Crippen molar-refractivity contribution in [1.82, 2.24) is 0 Å². The minimum absolute atomic E-state index is 0.833. The molecule has 0 heteroatoms. The molecule has 0 N–H and O–H groups in total. The molecule has 0 fully saturated rings. The van der Waals surface area contributed by atoms with Crippen molar-refractivity contribution in [1.29, 1.82) is 0 Å². The van der Waals surface area contributed by atoms with E-state index >= 15 is 0 Å². The highest BCUT2D eigenvalue weighted by Crippen LogP contribution is 1.93. The number of unbranched alkanes of at least 4 members (excludes halogenated alkanes) is 1. The molecular formula is C13H32. The molecule has 84 valence electrons. The molecule has 0 radical (unpaired) electrons. The molecule has 0 amide bonds. The van der Waals surface area contributed by atoms with Crippen LogP contribution < -0.4 is 0 Å². The first-order valence-electron chi connectivity index (χ1n) is 5.92.